The Balaban J connectivity index is 1.57. The summed E-state index contributed by atoms with van der Waals surface area (Å²) in [6, 6.07) is 19.2. The summed E-state index contributed by atoms with van der Waals surface area (Å²) in [5, 5.41) is 18.5. The first-order valence-electron chi connectivity index (χ1n) is 13.5. The Kier molecular flexibility index (Phi) is 7.59. The van der Waals surface area contributed by atoms with E-state index in [9.17, 15) is 9.90 Å². The molecule has 1 aliphatic rings. The lowest BCUT2D eigenvalue weighted by atomic mass is 9.93. The Morgan fingerprint density at radius 2 is 1.82 bits per heavy atom. The van der Waals surface area contributed by atoms with Gasteiger partial charge in [0.2, 0.25) is 0 Å². The first-order valence-corrected chi connectivity index (χ1v) is 13.5. The highest BCUT2D eigenvalue weighted by atomic mass is 16.5. The number of nitrogens with one attached hydrogen (secondary N) is 1. The number of carbonyl (C=O) groups is 1. The summed E-state index contributed by atoms with van der Waals surface area (Å²) in [6.45, 7) is 7.09. The highest BCUT2D eigenvalue weighted by Crippen LogP contribution is 2.47. The number of carbonyl (C=O) groups excluding carboxylic acids is 1. The van der Waals surface area contributed by atoms with Crippen molar-refractivity contribution in [3.63, 3.8) is 0 Å². The summed E-state index contributed by atoms with van der Waals surface area (Å²) in [5.74, 6) is 1.29. The second kappa shape index (κ2) is 11.2. The van der Waals surface area contributed by atoms with Crippen LogP contribution >= 0.6 is 0 Å². The van der Waals surface area contributed by atoms with Crippen LogP contribution < -0.4 is 9.47 Å². The Morgan fingerprint density at radius 1 is 1.03 bits per heavy atom. The van der Waals surface area contributed by atoms with Crippen LogP contribution in [-0.2, 0) is 6.61 Å². The summed E-state index contributed by atoms with van der Waals surface area (Å²) >= 11 is 0. The minimum absolute atomic E-state index is 0.0857. The molecule has 7 heteroatoms. The number of unbranched alkanes of at least 4 members (excludes halogenated alkanes) is 2. The van der Waals surface area contributed by atoms with Gasteiger partial charge in [-0.2, -0.15) is 5.10 Å². The monoisotopic (exact) mass is 525 g/mol. The fourth-order valence-corrected chi connectivity index (χ4v) is 5.46. The maximum absolute atomic E-state index is 13.7. The molecule has 1 unspecified atom stereocenters. The Labute approximate surface area is 229 Å². The van der Waals surface area contributed by atoms with E-state index in [0.717, 1.165) is 47.1 Å². The van der Waals surface area contributed by atoms with Crippen LogP contribution in [-0.4, -0.2) is 39.8 Å². The minimum atomic E-state index is -0.379. The summed E-state index contributed by atoms with van der Waals surface area (Å²) in [4.78, 5) is 15.6. The number of hydrogen-bond acceptors (Lipinski definition) is 5. The quantitative estimate of drug-likeness (QED) is 0.224. The SMILES string of the molecule is CCCCCN1C(=O)c2[nH]nc(-c3c(C)cc(C)cc3O)c2C1c1ccc(OCc2ccccc2)c(OC)c1. The van der Waals surface area contributed by atoms with E-state index in [1.54, 1.807) is 13.2 Å². The molecular weight excluding hydrogens is 490 g/mol. The van der Waals surface area contributed by atoms with Crippen LogP contribution in [0.15, 0.2) is 60.7 Å². The van der Waals surface area contributed by atoms with Crippen molar-refractivity contribution in [1.29, 1.82) is 0 Å². The van der Waals surface area contributed by atoms with Crippen LogP contribution in [0.3, 0.4) is 0 Å². The fraction of sp³-hybridized carbons (Fsp3) is 0.312. The third-order valence-electron chi connectivity index (χ3n) is 7.30. The van der Waals surface area contributed by atoms with Gasteiger partial charge >= 0.3 is 0 Å². The first kappa shape index (κ1) is 26.4. The van der Waals surface area contributed by atoms with Crippen molar-refractivity contribution in [2.45, 2.75) is 52.7 Å². The van der Waals surface area contributed by atoms with Crippen LogP contribution in [0.5, 0.6) is 17.2 Å². The molecule has 1 amide bonds. The molecule has 39 heavy (non-hydrogen) atoms. The molecule has 202 valence electrons. The molecule has 0 fully saturated rings. The van der Waals surface area contributed by atoms with E-state index < -0.39 is 0 Å². The van der Waals surface area contributed by atoms with Gasteiger partial charge in [-0.15, -0.1) is 0 Å². The van der Waals surface area contributed by atoms with Gasteiger partial charge in [0.1, 0.15) is 23.7 Å². The van der Waals surface area contributed by atoms with Crippen molar-refractivity contribution in [3.05, 3.63) is 94.2 Å². The zero-order valence-electron chi connectivity index (χ0n) is 23.0. The number of benzene rings is 3. The number of amides is 1. The molecule has 0 bridgehead atoms. The van der Waals surface area contributed by atoms with Crippen molar-refractivity contribution in [1.82, 2.24) is 15.1 Å². The summed E-state index contributed by atoms with van der Waals surface area (Å²) in [7, 11) is 1.62. The van der Waals surface area contributed by atoms with Gasteiger partial charge < -0.3 is 19.5 Å². The van der Waals surface area contributed by atoms with Gasteiger partial charge in [-0.1, -0.05) is 62.2 Å². The molecule has 1 atom stereocenters. The predicted molar refractivity (Wildman–Crippen MR) is 151 cm³/mol. The average molecular weight is 526 g/mol. The van der Waals surface area contributed by atoms with Gasteiger partial charge in [0, 0.05) is 17.7 Å². The van der Waals surface area contributed by atoms with Crippen molar-refractivity contribution >= 4 is 5.91 Å². The number of fused-ring (bicyclic) bond motifs is 1. The molecule has 1 aromatic heterocycles. The number of aromatic nitrogens is 2. The molecule has 2 heterocycles. The Hall–Kier alpha value is -4.26. The van der Waals surface area contributed by atoms with E-state index in [1.807, 2.05) is 73.3 Å². The van der Waals surface area contributed by atoms with Gasteiger partial charge in [0.15, 0.2) is 11.5 Å². The molecule has 2 N–H and O–H groups in total. The molecule has 1 aliphatic heterocycles. The second-order valence-electron chi connectivity index (χ2n) is 10.1. The molecule has 3 aromatic carbocycles. The number of ether oxygens (including phenoxy) is 2. The third-order valence-corrected chi connectivity index (χ3v) is 7.30. The second-order valence-corrected chi connectivity index (χ2v) is 10.1. The fourth-order valence-electron chi connectivity index (χ4n) is 5.46. The van der Waals surface area contributed by atoms with E-state index in [4.69, 9.17) is 9.47 Å². The molecule has 7 nitrogen and oxygen atoms in total. The largest absolute Gasteiger partial charge is 0.507 e. The number of hydrogen-bond donors (Lipinski definition) is 2. The van der Waals surface area contributed by atoms with E-state index in [-0.39, 0.29) is 17.7 Å². The molecule has 0 radical (unpaired) electrons. The number of phenolic OH excluding ortho intramolecular Hbond substituents is 1. The molecule has 4 aromatic rings. The highest BCUT2D eigenvalue weighted by molar-refractivity contribution is 6.00. The molecule has 0 saturated heterocycles. The van der Waals surface area contributed by atoms with Crippen molar-refractivity contribution in [2.75, 3.05) is 13.7 Å². The predicted octanol–water partition coefficient (Wildman–Crippen LogP) is 6.72. The molecule has 0 saturated carbocycles. The van der Waals surface area contributed by atoms with E-state index in [0.29, 0.717) is 41.6 Å². The zero-order valence-corrected chi connectivity index (χ0v) is 23.0. The van der Waals surface area contributed by atoms with Crippen molar-refractivity contribution in [2.24, 2.45) is 0 Å². The van der Waals surface area contributed by atoms with E-state index in [1.165, 1.54) is 0 Å². The van der Waals surface area contributed by atoms with E-state index in [2.05, 4.69) is 17.1 Å². The number of aromatic hydroxyl groups is 1. The van der Waals surface area contributed by atoms with Crippen LogP contribution in [0.4, 0.5) is 0 Å². The van der Waals surface area contributed by atoms with Crippen LogP contribution in [0, 0.1) is 13.8 Å². The first-order chi connectivity index (χ1) is 18.9. The van der Waals surface area contributed by atoms with Crippen LogP contribution in [0.25, 0.3) is 11.3 Å². The lowest BCUT2D eigenvalue weighted by Crippen LogP contribution is -2.30. The smallest absolute Gasteiger partial charge is 0.273 e. The van der Waals surface area contributed by atoms with Crippen LogP contribution in [0.2, 0.25) is 0 Å². The van der Waals surface area contributed by atoms with Gasteiger partial charge in [0.25, 0.3) is 5.91 Å². The van der Waals surface area contributed by atoms with Gasteiger partial charge in [-0.25, -0.2) is 0 Å². The van der Waals surface area contributed by atoms with Gasteiger partial charge in [0.05, 0.1) is 13.2 Å². The van der Waals surface area contributed by atoms with Gasteiger partial charge in [-0.3, -0.25) is 9.89 Å². The number of methoxy groups -OCH3 is 1. The normalized spacial score (nSPS) is 14.5. The summed E-state index contributed by atoms with van der Waals surface area (Å²) in [6.07, 6.45) is 2.99. The van der Waals surface area contributed by atoms with Crippen LogP contribution in [0.1, 0.15) is 70.5 Å². The third kappa shape index (κ3) is 5.09. The number of rotatable bonds is 10. The molecular formula is C32H35N3O4. The van der Waals surface area contributed by atoms with Gasteiger partial charge in [-0.05, 0) is 60.7 Å². The lowest BCUT2D eigenvalue weighted by molar-refractivity contribution is 0.0740. The summed E-state index contributed by atoms with van der Waals surface area (Å²) < 4.78 is 11.8. The number of aryl methyl sites for hydroxylation is 2. The molecule has 0 aliphatic carbocycles. The average Bonchev–Trinajstić information content (AvgIpc) is 3.46. The highest BCUT2D eigenvalue weighted by Gasteiger charge is 2.42. The topological polar surface area (TPSA) is 87.7 Å². The number of aromatic amines is 1. The standard InChI is InChI=1S/C32H35N3O4/c1-5-6-10-15-35-31(23-13-14-25(26(18-23)38-4)39-19-22-11-8-7-9-12-22)28-29(33-34-30(28)32(35)37)27-21(3)16-20(2)17-24(27)36/h7-9,11-14,16-18,31,36H,5-6,10,15,19H2,1-4H3,(H,33,34). The number of phenols is 1. The Morgan fingerprint density at radius 3 is 2.54 bits per heavy atom. The summed E-state index contributed by atoms with van der Waals surface area (Å²) in [5.41, 5.74) is 6.31. The van der Waals surface area contributed by atoms with E-state index >= 15 is 0 Å². The number of nitrogens with zero attached hydrogens (tertiary/aromatic N) is 2. The minimum Gasteiger partial charge on any atom is -0.507 e. The Bertz CT molecular complexity index is 1460. The lowest BCUT2D eigenvalue weighted by Gasteiger charge is -2.27. The van der Waals surface area contributed by atoms with Crippen molar-refractivity contribution in [3.8, 4) is 28.5 Å². The van der Waals surface area contributed by atoms with Crippen molar-refractivity contribution < 1.29 is 19.4 Å². The maximum atomic E-state index is 13.7. The zero-order chi connectivity index (χ0) is 27.5. The molecule has 0 spiro atoms. The maximum Gasteiger partial charge on any atom is 0.273 e. The molecule has 5 rings (SSSR count). The number of H-pyrrole nitrogens is 1.